The normalized spacial score (nSPS) is 10.0. The molecule has 0 aliphatic heterocycles. The van der Waals surface area contributed by atoms with Gasteiger partial charge in [0.1, 0.15) is 5.75 Å². The molecule has 0 atom stereocenters. The summed E-state index contributed by atoms with van der Waals surface area (Å²) in [6, 6.07) is 6.91. The summed E-state index contributed by atoms with van der Waals surface area (Å²) in [7, 11) is 0. The monoisotopic (exact) mass is 377 g/mol. The molecule has 120 valence electrons. The second-order valence-corrected chi connectivity index (χ2v) is 5.81. The van der Waals surface area contributed by atoms with Crippen LogP contribution in [0.25, 0.3) is 0 Å². The van der Waals surface area contributed by atoms with Crippen LogP contribution in [-0.4, -0.2) is 23.4 Å². The Morgan fingerprint density at radius 1 is 1.13 bits per heavy atom. The minimum Gasteiger partial charge on any atom is -0.483 e. The topological polar surface area (TPSA) is 80.3 Å². The number of hydrogen-bond acceptors (Lipinski definition) is 4. The van der Waals surface area contributed by atoms with E-state index in [0.29, 0.717) is 11.3 Å². The largest absolute Gasteiger partial charge is 0.483 e. The molecule has 0 radical (unpaired) electrons. The van der Waals surface area contributed by atoms with Crippen LogP contribution in [0, 0.1) is 13.8 Å². The van der Waals surface area contributed by atoms with E-state index in [0.717, 1.165) is 15.6 Å². The number of benzene rings is 1. The lowest BCUT2D eigenvalue weighted by molar-refractivity contribution is -0.123. The second kappa shape index (κ2) is 7.73. The average Bonchev–Trinajstić information content (AvgIpc) is 2.52. The molecule has 0 saturated heterocycles. The number of rotatable bonds is 4. The van der Waals surface area contributed by atoms with Crippen LogP contribution in [0.2, 0.25) is 0 Å². The summed E-state index contributed by atoms with van der Waals surface area (Å²) in [6.45, 7) is 3.60. The molecule has 6 nitrogen and oxygen atoms in total. The van der Waals surface area contributed by atoms with E-state index in [1.807, 2.05) is 26.0 Å². The summed E-state index contributed by atoms with van der Waals surface area (Å²) in [5.74, 6) is -0.213. The van der Waals surface area contributed by atoms with Gasteiger partial charge in [-0.1, -0.05) is 15.9 Å². The highest BCUT2D eigenvalue weighted by Crippen LogP contribution is 2.27. The zero-order chi connectivity index (χ0) is 16.8. The minimum absolute atomic E-state index is 0.195. The molecule has 0 unspecified atom stereocenters. The van der Waals surface area contributed by atoms with E-state index in [1.165, 1.54) is 12.4 Å². The quantitative estimate of drug-likeness (QED) is 0.801. The van der Waals surface area contributed by atoms with Gasteiger partial charge in [-0.05, 0) is 49.2 Å². The average molecular weight is 378 g/mol. The maximum atomic E-state index is 11.8. The first-order valence-electron chi connectivity index (χ1n) is 6.86. The molecule has 0 spiro atoms. The van der Waals surface area contributed by atoms with Crippen molar-refractivity contribution >= 4 is 27.7 Å². The predicted octanol–water partition coefficient (Wildman–Crippen LogP) is 2.30. The number of carbonyl (C=O) groups is 2. The Labute approximate surface area is 142 Å². The third-order valence-electron chi connectivity index (χ3n) is 3.03. The van der Waals surface area contributed by atoms with Gasteiger partial charge in [0.2, 0.25) is 0 Å². The van der Waals surface area contributed by atoms with Gasteiger partial charge in [-0.2, -0.15) is 0 Å². The number of hydrazine groups is 1. The Kier molecular flexibility index (Phi) is 5.70. The van der Waals surface area contributed by atoms with Crippen molar-refractivity contribution in [2.45, 2.75) is 13.8 Å². The third-order valence-corrected chi connectivity index (χ3v) is 3.49. The van der Waals surface area contributed by atoms with Crippen LogP contribution in [0.4, 0.5) is 0 Å². The molecule has 23 heavy (non-hydrogen) atoms. The number of aryl methyl sites for hydroxylation is 2. The highest BCUT2D eigenvalue weighted by molar-refractivity contribution is 9.10. The molecule has 0 aliphatic rings. The van der Waals surface area contributed by atoms with Gasteiger partial charge in [0, 0.05) is 22.4 Å². The highest BCUT2D eigenvalue weighted by atomic mass is 79.9. The Bertz CT molecular complexity index is 697. The van der Waals surface area contributed by atoms with E-state index < -0.39 is 11.8 Å². The van der Waals surface area contributed by atoms with Crippen LogP contribution < -0.4 is 15.6 Å². The number of ether oxygens (including phenoxy) is 1. The van der Waals surface area contributed by atoms with Gasteiger partial charge in [-0.25, -0.2) is 0 Å². The summed E-state index contributed by atoms with van der Waals surface area (Å²) in [5, 5.41) is 0. The zero-order valence-electron chi connectivity index (χ0n) is 12.7. The first-order valence-corrected chi connectivity index (χ1v) is 7.65. The van der Waals surface area contributed by atoms with Crippen molar-refractivity contribution in [1.29, 1.82) is 0 Å². The fourth-order valence-electron chi connectivity index (χ4n) is 2.00. The van der Waals surface area contributed by atoms with Crippen molar-refractivity contribution in [2.75, 3.05) is 6.61 Å². The fourth-order valence-corrected chi connectivity index (χ4v) is 2.69. The number of hydrogen-bond donors (Lipinski definition) is 2. The van der Waals surface area contributed by atoms with Crippen molar-refractivity contribution in [2.24, 2.45) is 0 Å². The summed E-state index contributed by atoms with van der Waals surface area (Å²) < 4.78 is 6.48. The zero-order valence-corrected chi connectivity index (χ0v) is 14.3. The molecule has 2 amide bonds. The number of carbonyl (C=O) groups excluding carboxylic acids is 2. The molecule has 0 aliphatic carbocycles. The fraction of sp³-hybridized carbons (Fsp3) is 0.188. The SMILES string of the molecule is Cc1cc(Br)cc(C)c1OCC(=O)NNC(=O)c1ccncc1. The van der Waals surface area contributed by atoms with E-state index in [9.17, 15) is 9.59 Å². The van der Waals surface area contributed by atoms with Crippen molar-refractivity contribution < 1.29 is 14.3 Å². The van der Waals surface area contributed by atoms with Crippen LogP contribution in [-0.2, 0) is 4.79 Å². The van der Waals surface area contributed by atoms with E-state index in [-0.39, 0.29) is 6.61 Å². The second-order valence-electron chi connectivity index (χ2n) is 4.90. The number of nitrogens with zero attached hydrogens (tertiary/aromatic N) is 1. The Morgan fingerprint density at radius 2 is 1.74 bits per heavy atom. The Balaban J connectivity index is 1.85. The first-order chi connectivity index (χ1) is 11.0. The van der Waals surface area contributed by atoms with Gasteiger partial charge in [0.15, 0.2) is 6.61 Å². The number of aromatic nitrogens is 1. The van der Waals surface area contributed by atoms with Crippen LogP contribution in [0.5, 0.6) is 5.75 Å². The van der Waals surface area contributed by atoms with Crippen LogP contribution >= 0.6 is 15.9 Å². The summed E-state index contributed by atoms with van der Waals surface area (Å²) in [6.07, 6.45) is 3.00. The first kappa shape index (κ1) is 17.0. The molecule has 2 N–H and O–H groups in total. The lowest BCUT2D eigenvalue weighted by Crippen LogP contribution is -2.43. The summed E-state index contributed by atoms with van der Waals surface area (Å²) in [5.41, 5.74) is 6.87. The smallest absolute Gasteiger partial charge is 0.276 e. The van der Waals surface area contributed by atoms with Crippen molar-refractivity contribution in [1.82, 2.24) is 15.8 Å². The standard InChI is InChI=1S/C16H16BrN3O3/c1-10-7-13(17)8-11(2)15(10)23-9-14(21)19-20-16(22)12-3-5-18-6-4-12/h3-8H,9H2,1-2H3,(H,19,21)(H,20,22). The molecular weight excluding hydrogens is 362 g/mol. The van der Waals surface area contributed by atoms with Crippen LogP contribution in [0.15, 0.2) is 41.1 Å². The highest BCUT2D eigenvalue weighted by Gasteiger charge is 2.10. The number of halogens is 1. The van der Waals surface area contributed by atoms with Gasteiger partial charge in [0.25, 0.3) is 11.8 Å². The minimum atomic E-state index is -0.450. The van der Waals surface area contributed by atoms with Crippen molar-refractivity contribution in [3.8, 4) is 5.75 Å². The Morgan fingerprint density at radius 3 is 2.35 bits per heavy atom. The van der Waals surface area contributed by atoms with E-state index in [1.54, 1.807) is 12.1 Å². The summed E-state index contributed by atoms with van der Waals surface area (Å²) in [4.78, 5) is 27.4. The van der Waals surface area contributed by atoms with Gasteiger partial charge >= 0.3 is 0 Å². The number of pyridine rings is 1. The van der Waals surface area contributed by atoms with Gasteiger partial charge in [-0.15, -0.1) is 0 Å². The maximum absolute atomic E-state index is 11.8. The predicted molar refractivity (Wildman–Crippen MR) is 89.0 cm³/mol. The number of nitrogens with one attached hydrogen (secondary N) is 2. The third kappa shape index (κ3) is 4.79. The summed E-state index contributed by atoms with van der Waals surface area (Å²) >= 11 is 3.40. The lowest BCUT2D eigenvalue weighted by atomic mass is 10.1. The number of amides is 2. The molecule has 0 fully saturated rings. The van der Waals surface area contributed by atoms with Gasteiger partial charge < -0.3 is 4.74 Å². The molecule has 2 rings (SSSR count). The van der Waals surface area contributed by atoms with E-state index in [4.69, 9.17) is 4.74 Å². The molecule has 1 aromatic heterocycles. The molecule has 0 saturated carbocycles. The van der Waals surface area contributed by atoms with Gasteiger partial charge in [0.05, 0.1) is 0 Å². The molecule has 7 heteroatoms. The van der Waals surface area contributed by atoms with Gasteiger partial charge in [-0.3, -0.25) is 25.4 Å². The maximum Gasteiger partial charge on any atom is 0.276 e. The van der Waals surface area contributed by atoms with Crippen molar-refractivity contribution in [3.05, 3.63) is 57.8 Å². The van der Waals surface area contributed by atoms with Crippen LogP contribution in [0.1, 0.15) is 21.5 Å². The molecule has 2 aromatic rings. The molecule has 1 heterocycles. The molecule has 1 aromatic carbocycles. The molecule has 0 bridgehead atoms. The van der Waals surface area contributed by atoms with E-state index >= 15 is 0 Å². The van der Waals surface area contributed by atoms with Crippen molar-refractivity contribution in [3.63, 3.8) is 0 Å². The van der Waals surface area contributed by atoms with Crippen LogP contribution in [0.3, 0.4) is 0 Å². The lowest BCUT2D eigenvalue weighted by Gasteiger charge is -2.13. The molecular formula is C16H16BrN3O3. The van der Waals surface area contributed by atoms with E-state index in [2.05, 4.69) is 31.8 Å². The Hall–Kier alpha value is -2.41.